The van der Waals surface area contributed by atoms with E-state index in [9.17, 15) is 4.21 Å². The van der Waals surface area contributed by atoms with Crippen molar-refractivity contribution in [2.24, 2.45) is 0 Å². The topological polar surface area (TPSA) is 37.3 Å². The molecule has 1 unspecified atom stereocenters. The van der Waals surface area contributed by atoms with E-state index in [-0.39, 0.29) is 0 Å². The van der Waals surface area contributed by atoms with Crippen LogP contribution in [0.25, 0.3) is 0 Å². The van der Waals surface area contributed by atoms with Gasteiger partial charge >= 0.3 is 0 Å². The fourth-order valence-corrected chi connectivity index (χ4v) is 2.64. The molecule has 0 bridgehead atoms. The van der Waals surface area contributed by atoms with Crippen LogP contribution in [0, 0.1) is 13.8 Å². The number of benzene rings is 2. The molecule has 3 heteroatoms. The zero-order chi connectivity index (χ0) is 13.8. The van der Waals surface area contributed by atoms with Gasteiger partial charge < -0.3 is 4.55 Å². The Kier molecular flexibility index (Phi) is 4.51. The molecule has 0 aliphatic heterocycles. The average Bonchev–Trinajstić information content (AvgIpc) is 2.36. The predicted octanol–water partition coefficient (Wildman–Crippen LogP) is 3.67. The highest BCUT2D eigenvalue weighted by atomic mass is 32.2. The van der Waals surface area contributed by atoms with E-state index in [1.807, 2.05) is 12.1 Å². The van der Waals surface area contributed by atoms with Gasteiger partial charge in [-0.05, 0) is 49.9 Å². The van der Waals surface area contributed by atoms with Crippen molar-refractivity contribution in [1.82, 2.24) is 0 Å². The largest absolute Gasteiger partial charge is 0.302 e. The van der Waals surface area contributed by atoms with Gasteiger partial charge in [-0.1, -0.05) is 41.5 Å². The summed E-state index contributed by atoms with van der Waals surface area (Å²) in [5.41, 5.74) is 5.11. The van der Waals surface area contributed by atoms with Gasteiger partial charge in [0.25, 0.3) is 0 Å². The summed E-state index contributed by atoms with van der Waals surface area (Å²) in [5.74, 6) is 0. The summed E-state index contributed by atoms with van der Waals surface area (Å²) in [6, 6.07) is 13.9. The summed E-state index contributed by atoms with van der Waals surface area (Å²) in [5, 5.41) is 0. The third-order valence-corrected chi connectivity index (χ3v) is 3.78. The molecule has 2 aromatic rings. The molecule has 0 heterocycles. The van der Waals surface area contributed by atoms with Crippen LogP contribution in [-0.4, -0.2) is 8.76 Å². The van der Waals surface area contributed by atoms with Crippen LogP contribution in [0.2, 0.25) is 0 Å². The lowest BCUT2D eigenvalue weighted by Crippen LogP contribution is -1.94. The number of aryl methyl sites for hydroxylation is 4. The highest BCUT2D eigenvalue weighted by molar-refractivity contribution is 7.79. The maximum absolute atomic E-state index is 10.9. The van der Waals surface area contributed by atoms with Crippen LogP contribution in [-0.2, 0) is 23.9 Å². The molecule has 1 N–H and O–H groups in total. The molecule has 2 aromatic carbocycles. The summed E-state index contributed by atoms with van der Waals surface area (Å²) in [6.45, 7) is 4.23. The van der Waals surface area contributed by atoms with Gasteiger partial charge in [-0.2, -0.15) is 0 Å². The molecule has 0 spiro atoms. The number of hydrogen-bond donors (Lipinski definition) is 1. The quantitative estimate of drug-likeness (QED) is 0.864. The minimum absolute atomic E-state index is 0.454. The van der Waals surface area contributed by atoms with Gasteiger partial charge in [-0.3, -0.25) is 0 Å². The van der Waals surface area contributed by atoms with E-state index < -0.39 is 11.1 Å². The van der Waals surface area contributed by atoms with Crippen molar-refractivity contribution in [2.75, 3.05) is 0 Å². The molecule has 2 rings (SSSR count). The van der Waals surface area contributed by atoms with Gasteiger partial charge in [0.1, 0.15) is 0 Å². The van der Waals surface area contributed by atoms with E-state index in [0.717, 1.165) is 12.8 Å². The van der Waals surface area contributed by atoms with Crippen LogP contribution in [0.3, 0.4) is 0 Å². The molecule has 0 radical (unpaired) electrons. The summed E-state index contributed by atoms with van der Waals surface area (Å²) in [7, 11) is 0. The molecule has 0 aliphatic rings. The highest BCUT2D eigenvalue weighted by Gasteiger charge is 2.01. The molecule has 0 aromatic heterocycles. The van der Waals surface area contributed by atoms with Gasteiger partial charge in [0.15, 0.2) is 11.1 Å². The molecule has 0 fully saturated rings. The first-order valence-corrected chi connectivity index (χ1v) is 7.42. The minimum atomic E-state index is -1.88. The molecule has 0 aliphatic carbocycles. The number of rotatable bonds is 4. The fourth-order valence-electron chi connectivity index (χ4n) is 2.27. The normalized spacial score (nSPS) is 12.4. The van der Waals surface area contributed by atoms with Gasteiger partial charge in [-0.15, -0.1) is 0 Å². The summed E-state index contributed by atoms with van der Waals surface area (Å²) in [6.07, 6.45) is 1.94. The van der Waals surface area contributed by atoms with E-state index in [2.05, 4.69) is 32.0 Å². The smallest absolute Gasteiger partial charge is 0.186 e. The average molecular weight is 274 g/mol. The van der Waals surface area contributed by atoms with Crippen molar-refractivity contribution < 1.29 is 8.76 Å². The van der Waals surface area contributed by atoms with Gasteiger partial charge in [-0.25, -0.2) is 4.21 Å². The van der Waals surface area contributed by atoms with Crippen LogP contribution < -0.4 is 0 Å². The number of hydrogen-bond acceptors (Lipinski definition) is 1. The maximum Gasteiger partial charge on any atom is 0.186 e. The van der Waals surface area contributed by atoms with Crippen LogP contribution in [0.1, 0.15) is 22.3 Å². The Hall–Kier alpha value is -1.45. The lowest BCUT2D eigenvalue weighted by molar-refractivity contribution is 0.564. The molecule has 0 saturated heterocycles. The Labute approximate surface area is 116 Å². The zero-order valence-electron chi connectivity index (χ0n) is 11.2. The first kappa shape index (κ1) is 14.0. The Balaban J connectivity index is 2.03. The second-order valence-corrected chi connectivity index (χ2v) is 5.86. The summed E-state index contributed by atoms with van der Waals surface area (Å²) >= 11 is -1.88. The molecule has 2 nitrogen and oxygen atoms in total. The molecular formula is C16H18O2S. The first-order valence-electron chi connectivity index (χ1n) is 6.31. The van der Waals surface area contributed by atoms with Crippen molar-refractivity contribution in [3.05, 3.63) is 64.7 Å². The standard InChI is InChI=1S/C16H18O2S/c1-12-9-13(2)11-15(10-12)4-3-14-5-7-16(8-6-14)19(17)18/h5-11H,3-4H2,1-2H3,(H,17,18). The zero-order valence-corrected chi connectivity index (χ0v) is 12.0. The molecule has 0 saturated carbocycles. The molecular weight excluding hydrogens is 256 g/mol. The van der Waals surface area contributed by atoms with Crippen LogP contribution in [0.4, 0.5) is 0 Å². The van der Waals surface area contributed by atoms with E-state index in [1.54, 1.807) is 12.1 Å². The Morgan fingerprint density at radius 1 is 0.895 bits per heavy atom. The van der Waals surface area contributed by atoms with Crippen molar-refractivity contribution in [3.63, 3.8) is 0 Å². The Morgan fingerprint density at radius 2 is 1.42 bits per heavy atom. The lowest BCUT2D eigenvalue weighted by atomic mass is 10.0. The van der Waals surface area contributed by atoms with Crippen molar-refractivity contribution >= 4 is 11.1 Å². The molecule has 100 valence electrons. The first-order chi connectivity index (χ1) is 9.04. The fraction of sp³-hybridized carbons (Fsp3) is 0.250. The van der Waals surface area contributed by atoms with Crippen LogP contribution in [0.5, 0.6) is 0 Å². The predicted molar refractivity (Wildman–Crippen MR) is 78.8 cm³/mol. The van der Waals surface area contributed by atoms with Gasteiger partial charge in [0.05, 0.1) is 4.90 Å². The van der Waals surface area contributed by atoms with E-state index in [0.29, 0.717) is 4.90 Å². The van der Waals surface area contributed by atoms with E-state index >= 15 is 0 Å². The van der Waals surface area contributed by atoms with Crippen molar-refractivity contribution in [2.45, 2.75) is 31.6 Å². The highest BCUT2D eigenvalue weighted by Crippen LogP contribution is 2.13. The minimum Gasteiger partial charge on any atom is -0.302 e. The SMILES string of the molecule is Cc1cc(C)cc(CCc2ccc(S(=O)O)cc2)c1. The van der Waals surface area contributed by atoms with Gasteiger partial charge in [0, 0.05) is 0 Å². The summed E-state index contributed by atoms with van der Waals surface area (Å²) < 4.78 is 19.8. The molecule has 19 heavy (non-hydrogen) atoms. The third-order valence-electron chi connectivity index (χ3n) is 3.11. The third kappa shape index (κ3) is 4.01. The Bertz CT molecular complexity index is 568. The molecule has 0 amide bonds. The molecule has 1 atom stereocenters. The lowest BCUT2D eigenvalue weighted by Gasteiger charge is -2.06. The maximum atomic E-state index is 10.9. The van der Waals surface area contributed by atoms with Gasteiger partial charge in [0.2, 0.25) is 0 Å². The second kappa shape index (κ2) is 6.13. The second-order valence-electron chi connectivity index (χ2n) is 4.89. The van der Waals surface area contributed by atoms with Crippen LogP contribution in [0.15, 0.2) is 47.4 Å². The Morgan fingerprint density at radius 3 is 1.95 bits per heavy atom. The van der Waals surface area contributed by atoms with E-state index in [1.165, 1.54) is 22.3 Å². The summed E-state index contributed by atoms with van der Waals surface area (Å²) in [4.78, 5) is 0.454. The van der Waals surface area contributed by atoms with E-state index in [4.69, 9.17) is 4.55 Å². The van der Waals surface area contributed by atoms with Crippen molar-refractivity contribution in [3.8, 4) is 0 Å². The van der Waals surface area contributed by atoms with Crippen LogP contribution >= 0.6 is 0 Å². The monoisotopic (exact) mass is 274 g/mol. The van der Waals surface area contributed by atoms with Crippen molar-refractivity contribution in [1.29, 1.82) is 0 Å².